The van der Waals surface area contributed by atoms with Gasteiger partial charge in [-0.3, -0.25) is 4.68 Å². The van der Waals surface area contributed by atoms with Gasteiger partial charge in [-0.15, -0.1) is 0 Å². The van der Waals surface area contributed by atoms with Gasteiger partial charge in [-0.05, 0) is 24.1 Å². The van der Waals surface area contributed by atoms with Crippen LogP contribution in [0.5, 0.6) is 0 Å². The van der Waals surface area contributed by atoms with E-state index < -0.39 is 11.9 Å². The molecule has 0 spiro atoms. The minimum absolute atomic E-state index is 0.0404. The molecule has 2 aromatic rings. The summed E-state index contributed by atoms with van der Waals surface area (Å²) in [5, 5.41) is 18.2. The van der Waals surface area contributed by atoms with E-state index in [0.29, 0.717) is 17.3 Å². The summed E-state index contributed by atoms with van der Waals surface area (Å²) in [7, 11) is 1.79. The van der Waals surface area contributed by atoms with Crippen molar-refractivity contribution in [3.63, 3.8) is 0 Å². The fourth-order valence-corrected chi connectivity index (χ4v) is 2.56. The van der Waals surface area contributed by atoms with Gasteiger partial charge in [0.15, 0.2) is 0 Å². The molecule has 2 rings (SSSR count). The van der Waals surface area contributed by atoms with Crippen molar-refractivity contribution in [2.75, 3.05) is 6.54 Å². The highest BCUT2D eigenvalue weighted by Gasteiger charge is 2.14. The minimum atomic E-state index is -0.827. The molecular formula is C15H18Cl2FN3O. The molecule has 0 aliphatic heterocycles. The molecule has 0 radical (unpaired) electrons. The summed E-state index contributed by atoms with van der Waals surface area (Å²) in [5.74, 6) is -0.540. The van der Waals surface area contributed by atoms with Crippen LogP contribution in [0.1, 0.15) is 29.8 Å². The molecule has 0 amide bonds. The van der Waals surface area contributed by atoms with Gasteiger partial charge in [0.2, 0.25) is 0 Å². The zero-order chi connectivity index (χ0) is 16.3. The second-order valence-electron chi connectivity index (χ2n) is 5.01. The third-order valence-electron chi connectivity index (χ3n) is 3.45. The van der Waals surface area contributed by atoms with Gasteiger partial charge < -0.3 is 10.4 Å². The van der Waals surface area contributed by atoms with Crippen molar-refractivity contribution in [3.8, 4) is 0 Å². The average Bonchev–Trinajstić information content (AvgIpc) is 2.77. The van der Waals surface area contributed by atoms with Gasteiger partial charge in [-0.2, -0.15) is 5.10 Å². The molecular weight excluding hydrogens is 328 g/mol. The lowest BCUT2D eigenvalue weighted by Crippen LogP contribution is -2.21. The first-order chi connectivity index (χ1) is 10.4. The Hall–Kier alpha value is -1.14. The maximum absolute atomic E-state index is 13.4. The average molecular weight is 346 g/mol. The van der Waals surface area contributed by atoms with Gasteiger partial charge in [0.1, 0.15) is 11.0 Å². The number of hydrogen-bond donors (Lipinski definition) is 2. The second-order valence-corrected chi connectivity index (χ2v) is 5.78. The molecule has 0 saturated heterocycles. The first-order valence-electron chi connectivity index (χ1n) is 6.98. The highest BCUT2D eigenvalue weighted by atomic mass is 35.5. The maximum Gasteiger partial charge on any atom is 0.142 e. The van der Waals surface area contributed by atoms with Gasteiger partial charge in [-0.25, -0.2) is 4.39 Å². The first kappa shape index (κ1) is 17.2. The zero-order valence-electron chi connectivity index (χ0n) is 12.4. The van der Waals surface area contributed by atoms with Crippen LogP contribution in [-0.2, 0) is 20.0 Å². The van der Waals surface area contributed by atoms with Crippen molar-refractivity contribution in [1.82, 2.24) is 15.1 Å². The lowest BCUT2D eigenvalue weighted by molar-refractivity contribution is 0.174. The Morgan fingerprint density at radius 3 is 2.77 bits per heavy atom. The van der Waals surface area contributed by atoms with E-state index in [-0.39, 0.29) is 11.6 Å². The Balaban J connectivity index is 1.97. The molecule has 7 heteroatoms. The molecule has 2 N–H and O–H groups in total. The topological polar surface area (TPSA) is 50.1 Å². The Labute approximate surface area is 138 Å². The minimum Gasteiger partial charge on any atom is -0.387 e. The maximum atomic E-state index is 13.4. The van der Waals surface area contributed by atoms with Gasteiger partial charge in [0, 0.05) is 25.7 Å². The standard InChI is InChI=1S/C15H18Cl2FN3O/c1-3-13-10(15(17)21(2)20-13)7-19-8-14(22)9-4-5-11(16)12(18)6-9/h4-6,14,19,22H,3,7-8H2,1-2H3. The monoisotopic (exact) mass is 345 g/mol. The lowest BCUT2D eigenvalue weighted by atomic mass is 10.1. The smallest absolute Gasteiger partial charge is 0.142 e. The molecule has 1 aromatic carbocycles. The van der Waals surface area contributed by atoms with Crippen molar-refractivity contribution in [2.45, 2.75) is 26.0 Å². The van der Waals surface area contributed by atoms with E-state index in [9.17, 15) is 9.50 Å². The van der Waals surface area contributed by atoms with Crippen LogP contribution in [0.2, 0.25) is 10.2 Å². The molecule has 0 aliphatic carbocycles. The van der Waals surface area contributed by atoms with E-state index in [1.165, 1.54) is 12.1 Å². The largest absolute Gasteiger partial charge is 0.387 e. The summed E-state index contributed by atoms with van der Waals surface area (Å²) in [5.41, 5.74) is 2.32. The number of hydrogen-bond acceptors (Lipinski definition) is 3. The highest BCUT2D eigenvalue weighted by molar-refractivity contribution is 6.30. The molecule has 1 heterocycles. The fourth-order valence-electron chi connectivity index (χ4n) is 2.23. The predicted molar refractivity (Wildman–Crippen MR) is 85.7 cm³/mol. The molecule has 0 saturated carbocycles. The molecule has 4 nitrogen and oxygen atoms in total. The van der Waals surface area contributed by atoms with Crippen molar-refractivity contribution in [1.29, 1.82) is 0 Å². The van der Waals surface area contributed by atoms with Gasteiger partial charge >= 0.3 is 0 Å². The Morgan fingerprint density at radius 2 is 2.14 bits per heavy atom. The Morgan fingerprint density at radius 1 is 1.41 bits per heavy atom. The molecule has 120 valence electrons. The molecule has 0 aliphatic rings. The second kappa shape index (κ2) is 7.42. The summed E-state index contributed by atoms with van der Waals surface area (Å²) in [6.07, 6.45) is -0.0463. The number of halogens is 3. The van der Waals surface area contributed by atoms with E-state index in [4.69, 9.17) is 23.2 Å². The van der Waals surface area contributed by atoms with Crippen LogP contribution in [0.4, 0.5) is 4.39 Å². The van der Waals surface area contributed by atoms with Crippen LogP contribution in [0.3, 0.4) is 0 Å². The van der Waals surface area contributed by atoms with Gasteiger partial charge in [-0.1, -0.05) is 36.2 Å². The summed E-state index contributed by atoms with van der Waals surface area (Å²) in [6.45, 7) is 2.77. The van der Waals surface area contributed by atoms with Crippen LogP contribution in [0, 0.1) is 5.82 Å². The molecule has 0 fully saturated rings. The third-order valence-corrected chi connectivity index (χ3v) is 4.23. The van der Waals surface area contributed by atoms with Crippen molar-refractivity contribution in [3.05, 3.63) is 51.0 Å². The number of nitrogens with zero attached hydrogens (tertiary/aromatic N) is 2. The van der Waals surface area contributed by atoms with E-state index in [1.807, 2.05) is 6.92 Å². The van der Waals surface area contributed by atoms with Crippen LogP contribution >= 0.6 is 23.2 Å². The van der Waals surface area contributed by atoms with Crippen LogP contribution in [0.25, 0.3) is 0 Å². The summed E-state index contributed by atoms with van der Waals surface area (Å²) >= 11 is 11.8. The van der Waals surface area contributed by atoms with Crippen molar-refractivity contribution >= 4 is 23.2 Å². The van der Waals surface area contributed by atoms with Crippen molar-refractivity contribution < 1.29 is 9.50 Å². The summed E-state index contributed by atoms with van der Waals surface area (Å²) < 4.78 is 15.0. The first-order valence-corrected chi connectivity index (χ1v) is 7.73. The Kier molecular flexibility index (Phi) is 5.81. The zero-order valence-corrected chi connectivity index (χ0v) is 13.9. The van der Waals surface area contributed by atoms with Gasteiger partial charge in [0.25, 0.3) is 0 Å². The van der Waals surface area contributed by atoms with Crippen LogP contribution in [-0.4, -0.2) is 21.4 Å². The van der Waals surface area contributed by atoms with Crippen molar-refractivity contribution in [2.24, 2.45) is 7.05 Å². The molecule has 1 atom stereocenters. The summed E-state index contributed by atoms with van der Waals surface area (Å²) in [4.78, 5) is 0. The number of nitrogens with one attached hydrogen (secondary N) is 1. The highest BCUT2D eigenvalue weighted by Crippen LogP contribution is 2.21. The quantitative estimate of drug-likeness (QED) is 0.844. The van der Waals surface area contributed by atoms with E-state index in [2.05, 4.69) is 10.4 Å². The fraction of sp³-hybridized carbons (Fsp3) is 0.400. The van der Waals surface area contributed by atoms with Gasteiger partial charge in [0.05, 0.1) is 16.8 Å². The normalized spacial score (nSPS) is 12.6. The number of benzene rings is 1. The van der Waals surface area contributed by atoms with E-state index >= 15 is 0 Å². The number of aromatic nitrogens is 2. The molecule has 0 bridgehead atoms. The number of aliphatic hydroxyl groups excluding tert-OH is 1. The Bertz CT molecular complexity index is 660. The van der Waals surface area contributed by atoms with Crippen LogP contribution < -0.4 is 5.32 Å². The van der Waals surface area contributed by atoms with Crippen LogP contribution in [0.15, 0.2) is 18.2 Å². The summed E-state index contributed by atoms with van der Waals surface area (Å²) in [6, 6.07) is 4.28. The molecule has 1 aromatic heterocycles. The lowest BCUT2D eigenvalue weighted by Gasteiger charge is -2.13. The number of rotatable bonds is 6. The SMILES string of the molecule is CCc1nn(C)c(Cl)c1CNCC(O)c1ccc(Cl)c(F)c1. The molecule has 22 heavy (non-hydrogen) atoms. The predicted octanol–water partition coefficient (Wildman–Crippen LogP) is 3.25. The van der Waals surface area contributed by atoms with E-state index in [0.717, 1.165) is 17.7 Å². The van der Waals surface area contributed by atoms with E-state index in [1.54, 1.807) is 17.8 Å². The number of aliphatic hydroxyl groups is 1. The number of aryl methyl sites for hydroxylation is 2. The molecule has 1 unspecified atom stereocenters. The third kappa shape index (κ3) is 3.79.